The van der Waals surface area contributed by atoms with Crippen molar-refractivity contribution in [1.29, 1.82) is 0 Å². The van der Waals surface area contributed by atoms with Crippen molar-refractivity contribution in [2.45, 2.75) is 50.7 Å². The fraction of sp³-hybridized carbons (Fsp3) is 0.714. The van der Waals surface area contributed by atoms with Crippen LogP contribution in [0.4, 0.5) is 0 Å². The molecule has 5 nitrogen and oxygen atoms in total. The molecule has 0 bridgehead atoms. The third-order valence-corrected chi connectivity index (χ3v) is 5.56. The molecule has 1 saturated heterocycles. The van der Waals surface area contributed by atoms with Crippen molar-refractivity contribution >= 4 is 12.4 Å². The second kappa shape index (κ2) is 11.7. The molecular weight excluding hydrogens is 366 g/mol. The fourth-order valence-corrected chi connectivity index (χ4v) is 3.99. The smallest absolute Gasteiger partial charge is 0.160 e. The van der Waals surface area contributed by atoms with Gasteiger partial charge in [-0.05, 0) is 37.0 Å². The van der Waals surface area contributed by atoms with E-state index < -0.39 is 0 Å². The minimum absolute atomic E-state index is 0. The predicted molar refractivity (Wildman–Crippen MR) is 110 cm³/mol. The van der Waals surface area contributed by atoms with Crippen LogP contribution in [0.2, 0.25) is 0 Å². The van der Waals surface area contributed by atoms with Crippen LogP contribution < -0.4 is 9.47 Å². The molecule has 1 unspecified atom stereocenters. The van der Waals surface area contributed by atoms with Gasteiger partial charge in [0.15, 0.2) is 11.5 Å². The number of benzene rings is 1. The summed E-state index contributed by atoms with van der Waals surface area (Å²) in [7, 11) is 3.36. The first kappa shape index (κ1) is 22.3. The Bertz CT molecular complexity index is 545. The third kappa shape index (κ3) is 6.53. The average Bonchev–Trinajstić information content (AvgIpc) is 2.72. The molecule has 1 heterocycles. The Hall–Kier alpha value is -1.01. The molecule has 2 fully saturated rings. The minimum atomic E-state index is 0. The zero-order chi connectivity index (χ0) is 18.2. The molecule has 1 aliphatic carbocycles. The molecule has 1 aromatic rings. The van der Waals surface area contributed by atoms with E-state index in [4.69, 9.17) is 18.9 Å². The molecule has 1 atom stereocenters. The molecule has 0 N–H and O–H groups in total. The van der Waals surface area contributed by atoms with Gasteiger partial charge in [-0.1, -0.05) is 25.3 Å². The van der Waals surface area contributed by atoms with Crippen molar-refractivity contribution in [3.63, 3.8) is 0 Å². The van der Waals surface area contributed by atoms with E-state index in [1.54, 1.807) is 14.2 Å². The number of morpholine rings is 1. The van der Waals surface area contributed by atoms with Gasteiger partial charge in [0.05, 0.1) is 40.1 Å². The zero-order valence-electron chi connectivity index (χ0n) is 16.7. The molecule has 27 heavy (non-hydrogen) atoms. The Morgan fingerprint density at radius 1 is 1.04 bits per heavy atom. The summed E-state index contributed by atoms with van der Waals surface area (Å²) < 4.78 is 22.7. The number of halogens is 1. The molecule has 1 aliphatic heterocycles. The summed E-state index contributed by atoms with van der Waals surface area (Å²) in [6, 6.07) is 6.59. The van der Waals surface area contributed by atoms with Crippen molar-refractivity contribution in [2.24, 2.45) is 0 Å². The van der Waals surface area contributed by atoms with Gasteiger partial charge < -0.3 is 18.9 Å². The SMILES string of the molecule is COc1ccc(CC(COC2CCCCC2)N2CCOCC2)cc1OC.Cl. The maximum absolute atomic E-state index is 6.33. The second-order valence-corrected chi connectivity index (χ2v) is 7.29. The van der Waals surface area contributed by atoms with Gasteiger partial charge in [0, 0.05) is 19.1 Å². The van der Waals surface area contributed by atoms with Gasteiger partial charge in [-0.3, -0.25) is 4.90 Å². The molecule has 1 aromatic carbocycles. The van der Waals surface area contributed by atoms with E-state index >= 15 is 0 Å². The molecule has 6 heteroatoms. The summed E-state index contributed by atoms with van der Waals surface area (Å²) in [4.78, 5) is 2.52. The van der Waals surface area contributed by atoms with Crippen LogP contribution in [0.3, 0.4) is 0 Å². The molecule has 0 spiro atoms. The van der Waals surface area contributed by atoms with Crippen LogP contribution >= 0.6 is 12.4 Å². The topological polar surface area (TPSA) is 40.2 Å². The van der Waals surface area contributed by atoms with E-state index in [1.165, 1.54) is 37.7 Å². The van der Waals surface area contributed by atoms with Gasteiger partial charge in [0.25, 0.3) is 0 Å². The Kier molecular flexibility index (Phi) is 9.69. The quantitative estimate of drug-likeness (QED) is 0.666. The summed E-state index contributed by atoms with van der Waals surface area (Å²) in [5, 5.41) is 0. The summed E-state index contributed by atoms with van der Waals surface area (Å²) in [5.41, 5.74) is 1.26. The Labute approximate surface area is 169 Å². The number of hydrogen-bond donors (Lipinski definition) is 0. The molecule has 0 aromatic heterocycles. The lowest BCUT2D eigenvalue weighted by molar-refractivity contribution is -0.0374. The van der Waals surface area contributed by atoms with Crippen LogP contribution in [0.1, 0.15) is 37.7 Å². The first-order chi connectivity index (χ1) is 12.8. The van der Waals surface area contributed by atoms with E-state index in [-0.39, 0.29) is 12.4 Å². The summed E-state index contributed by atoms with van der Waals surface area (Å²) in [5.74, 6) is 1.57. The van der Waals surface area contributed by atoms with Crippen LogP contribution in [0.15, 0.2) is 18.2 Å². The van der Waals surface area contributed by atoms with Crippen LogP contribution in [0.5, 0.6) is 11.5 Å². The molecule has 1 saturated carbocycles. The van der Waals surface area contributed by atoms with Gasteiger partial charge in [0.1, 0.15) is 0 Å². The first-order valence-corrected chi connectivity index (χ1v) is 9.94. The Morgan fingerprint density at radius 2 is 1.74 bits per heavy atom. The number of ether oxygens (including phenoxy) is 4. The number of nitrogens with zero attached hydrogens (tertiary/aromatic N) is 1. The number of rotatable bonds is 8. The Balaban J connectivity index is 0.00000261. The third-order valence-electron chi connectivity index (χ3n) is 5.56. The highest BCUT2D eigenvalue weighted by Crippen LogP contribution is 2.29. The monoisotopic (exact) mass is 399 g/mol. The minimum Gasteiger partial charge on any atom is -0.493 e. The van der Waals surface area contributed by atoms with Crippen LogP contribution in [0.25, 0.3) is 0 Å². The lowest BCUT2D eigenvalue weighted by atomic mass is 9.97. The van der Waals surface area contributed by atoms with Crippen LogP contribution in [-0.2, 0) is 15.9 Å². The first-order valence-electron chi connectivity index (χ1n) is 9.94. The molecule has 0 radical (unpaired) electrons. The molecule has 0 amide bonds. The van der Waals surface area contributed by atoms with Crippen molar-refractivity contribution in [3.05, 3.63) is 23.8 Å². The normalized spacial score (nSPS) is 19.9. The highest BCUT2D eigenvalue weighted by atomic mass is 35.5. The van der Waals surface area contributed by atoms with Gasteiger partial charge in [0.2, 0.25) is 0 Å². The van der Waals surface area contributed by atoms with Crippen LogP contribution in [-0.4, -0.2) is 64.2 Å². The zero-order valence-corrected chi connectivity index (χ0v) is 17.5. The van der Waals surface area contributed by atoms with Crippen molar-refractivity contribution in [1.82, 2.24) is 4.90 Å². The predicted octanol–water partition coefficient (Wildman–Crippen LogP) is 3.72. The van der Waals surface area contributed by atoms with E-state index in [9.17, 15) is 0 Å². The summed E-state index contributed by atoms with van der Waals surface area (Å²) in [6.07, 6.45) is 7.80. The average molecular weight is 400 g/mol. The van der Waals surface area contributed by atoms with Crippen molar-refractivity contribution in [2.75, 3.05) is 47.1 Å². The van der Waals surface area contributed by atoms with Crippen molar-refractivity contribution < 1.29 is 18.9 Å². The lowest BCUT2D eigenvalue weighted by Gasteiger charge is -2.35. The van der Waals surface area contributed by atoms with E-state index in [1.807, 2.05) is 6.07 Å². The van der Waals surface area contributed by atoms with E-state index in [2.05, 4.69) is 17.0 Å². The van der Waals surface area contributed by atoms with Gasteiger partial charge in [-0.25, -0.2) is 0 Å². The fourth-order valence-electron chi connectivity index (χ4n) is 3.99. The highest BCUT2D eigenvalue weighted by Gasteiger charge is 2.24. The van der Waals surface area contributed by atoms with Gasteiger partial charge in [-0.15, -0.1) is 12.4 Å². The van der Waals surface area contributed by atoms with E-state index in [0.29, 0.717) is 12.1 Å². The largest absolute Gasteiger partial charge is 0.493 e. The van der Waals surface area contributed by atoms with Gasteiger partial charge in [-0.2, -0.15) is 0 Å². The maximum Gasteiger partial charge on any atom is 0.160 e. The summed E-state index contributed by atoms with van der Waals surface area (Å²) in [6.45, 7) is 4.37. The number of hydrogen-bond acceptors (Lipinski definition) is 5. The highest BCUT2D eigenvalue weighted by molar-refractivity contribution is 5.85. The van der Waals surface area contributed by atoms with Crippen molar-refractivity contribution in [3.8, 4) is 11.5 Å². The summed E-state index contributed by atoms with van der Waals surface area (Å²) >= 11 is 0. The maximum atomic E-state index is 6.33. The molecule has 3 rings (SSSR count). The van der Waals surface area contributed by atoms with E-state index in [0.717, 1.165) is 50.8 Å². The molecular formula is C21H34ClNO4. The molecule has 154 valence electrons. The van der Waals surface area contributed by atoms with Gasteiger partial charge >= 0.3 is 0 Å². The second-order valence-electron chi connectivity index (χ2n) is 7.29. The lowest BCUT2D eigenvalue weighted by Crippen LogP contribution is -2.47. The standard InChI is InChI=1S/C21H33NO4.ClH/c1-23-20-9-8-17(15-21(20)24-2)14-18(22-10-12-25-13-11-22)16-26-19-6-4-3-5-7-19;/h8-9,15,18-19H,3-7,10-14,16H2,1-2H3;1H. The van der Waals surface area contributed by atoms with Crippen LogP contribution in [0, 0.1) is 0 Å². The number of methoxy groups -OCH3 is 2. The molecule has 2 aliphatic rings. The Morgan fingerprint density at radius 3 is 2.41 bits per heavy atom.